The zero-order valence-corrected chi connectivity index (χ0v) is 8.46. The van der Waals surface area contributed by atoms with Crippen molar-refractivity contribution in [1.29, 1.82) is 0 Å². The van der Waals surface area contributed by atoms with Crippen LogP contribution in [0, 0.1) is 5.92 Å². The average Bonchev–Trinajstić information content (AvgIpc) is 1.83. The third kappa shape index (κ3) is 3.61. The highest BCUT2D eigenvalue weighted by Gasteiger charge is 2.23. The minimum Gasteiger partial charge on any atom is -0.327 e. The van der Waals surface area contributed by atoms with Crippen LogP contribution in [0.5, 0.6) is 0 Å². The topological polar surface area (TPSA) is 52.0 Å². The SMILES string of the molecule is C[C@@H]1[C@H](N)CCC[C@@H]1N.Cl.Cl. The Bertz CT molecular complexity index is 90.4. The third-order valence-corrected chi connectivity index (χ3v) is 2.43. The molecule has 70 valence electrons. The van der Waals surface area contributed by atoms with Gasteiger partial charge in [-0.15, -0.1) is 24.8 Å². The fraction of sp³-hybridized carbons (Fsp3) is 1.00. The quantitative estimate of drug-likeness (QED) is 0.620. The highest BCUT2D eigenvalue weighted by molar-refractivity contribution is 5.85. The molecule has 0 amide bonds. The van der Waals surface area contributed by atoms with Gasteiger partial charge >= 0.3 is 0 Å². The molecule has 0 bridgehead atoms. The zero-order chi connectivity index (χ0) is 6.85. The molecule has 0 aromatic heterocycles. The molecular formula is C7H18Cl2N2. The van der Waals surface area contributed by atoms with Gasteiger partial charge in [0.25, 0.3) is 0 Å². The lowest BCUT2D eigenvalue weighted by Crippen LogP contribution is -2.44. The van der Waals surface area contributed by atoms with E-state index in [9.17, 15) is 0 Å². The first kappa shape index (κ1) is 14.0. The normalized spacial score (nSPS) is 36.8. The summed E-state index contributed by atoms with van der Waals surface area (Å²) < 4.78 is 0. The van der Waals surface area contributed by atoms with Gasteiger partial charge in [0.15, 0.2) is 0 Å². The number of hydrogen-bond donors (Lipinski definition) is 2. The van der Waals surface area contributed by atoms with Crippen LogP contribution in [-0.4, -0.2) is 12.1 Å². The Hall–Kier alpha value is 0.500. The van der Waals surface area contributed by atoms with Gasteiger partial charge in [0.05, 0.1) is 0 Å². The largest absolute Gasteiger partial charge is 0.327 e. The summed E-state index contributed by atoms with van der Waals surface area (Å²) in [5, 5.41) is 0. The van der Waals surface area contributed by atoms with Crippen LogP contribution in [0.2, 0.25) is 0 Å². The minimum absolute atomic E-state index is 0. The van der Waals surface area contributed by atoms with Crippen molar-refractivity contribution in [1.82, 2.24) is 0 Å². The standard InChI is InChI=1S/C7H16N2.2ClH/c1-5-6(8)3-2-4-7(5)9;;/h5-7H,2-4,8-9H2,1H3;2*1H/t5-,6-,7+;;. The molecule has 0 aromatic carbocycles. The van der Waals surface area contributed by atoms with E-state index in [1.165, 1.54) is 6.42 Å². The predicted octanol–water partition coefficient (Wildman–Crippen LogP) is 1.30. The van der Waals surface area contributed by atoms with Gasteiger partial charge in [-0.3, -0.25) is 0 Å². The Morgan fingerprint density at radius 1 is 1.00 bits per heavy atom. The fourth-order valence-corrected chi connectivity index (χ4v) is 1.43. The number of rotatable bonds is 0. The van der Waals surface area contributed by atoms with Crippen LogP contribution in [0.15, 0.2) is 0 Å². The first-order valence-electron chi connectivity index (χ1n) is 3.73. The van der Waals surface area contributed by atoms with E-state index in [1.54, 1.807) is 0 Å². The summed E-state index contributed by atoms with van der Waals surface area (Å²) in [5.41, 5.74) is 11.6. The minimum atomic E-state index is 0. The van der Waals surface area contributed by atoms with Gasteiger partial charge in [0.1, 0.15) is 0 Å². The van der Waals surface area contributed by atoms with Crippen molar-refractivity contribution in [3.63, 3.8) is 0 Å². The second-order valence-electron chi connectivity index (χ2n) is 3.12. The Morgan fingerprint density at radius 2 is 1.36 bits per heavy atom. The maximum absolute atomic E-state index is 5.79. The highest BCUT2D eigenvalue weighted by Crippen LogP contribution is 2.20. The molecule has 0 heterocycles. The summed E-state index contributed by atoms with van der Waals surface area (Å²) in [6.07, 6.45) is 3.54. The fourth-order valence-electron chi connectivity index (χ4n) is 1.43. The average molecular weight is 201 g/mol. The van der Waals surface area contributed by atoms with Gasteiger partial charge in [0, 0.05) is 12.1 Å². The summed E-state index contributed by atoms with van der Waals surface area (Å²) in [4.78, 5) is 0. The molecule has 0 saturated heterocycles. The molecule has 0 radical (unpaired) electrons. The Balaban J connectivity index is 0. The molecule has 2 nitrogen and oxygen atoms in total. The number of hydrogen-bond acceptors (Lipinski definition) is 2. The van der Waals surface area contributed by atoms with Crippen molar-refractivity contribution in [2.75, 3.05) is 0 Å². The van der Waals surface area contributed by atoms with Crippen molar-refractivity contribution in [2.24, 2.45) is 17.4 Å². The molecule has 11 heavy (non-hydrogen) atoms. The Labute approximate surface area is 80.9 Å². The van der Waals surface area contributed by atoms with Gasteiger partial charge in [0.2, 0.25) is 0 Å². The van der Waals surface area contributed by atoms with Crippen molar-refractivity contribution >= 4 is 24.8 Å². The summed E-state index contributed by atoms with van der Waals surface area (Å²) in [6.45, 7) is 2.15. The molecule has 1 aliphatic rings. The summed E-state index contributed by atoms with van der Waals surface area (Å²) in [5.74, 6) is 0.527. The van der Waals surface area contributed by atoms with Crippen LogP contribution in [0.1, 0.15) is 26.2 Å². The van der Waals surface area contributed by atoms with Crippen LogP contribution in [-0.2, 0) is 0 Å². The molecule has 1 fully saturated rings. The zero-order valence-electron chi connectivity index (χ0n) is 6.82. The Kier molecular flexibility index (Phi) is 7.75. The van der Waals surface area contributed by atoms with E-state index in [1.807, 2.05) is 0 Å². The van der Waals surface area contributed by atoms with E-state index >= 15 is 0 Å². The van der Waals surface area contributed by atoms with Crippen molar-refractivity contribution in [3.8, 4) is 0 Å². The van der Waals surface area contributed by atoms with E-state index in [4.69, 9.17) is 11.5 Å². The number of nitrogens with two attached hydrogens (primary N) is 2. The molecule has 0 spiro atoms. The third-order valence-electron chi connectivity index (χ3n) is 2.43. The van der Waals surface area contributed by atoms with Crippen molar-refractivity contribution in [2.45, 2.75) is 38.3 Å². The summed E-state index contributed by atoms with van der Waals surface area (Å²) in [7, 11) is 0. The molecule has 0 unspecified atom stereocenters. The lowest BCUT2D eigenvalue weighted by molar-refractivity contribution is 0.287. The Morgan fingerprint density at radius 3 is 1.64 bits per heavy atom. The van der Waals surface area contributed by atoms with E-state index in [0.29, 0.717) is 18.0 Å². The van der Waals surface area contributed by atoms with Crippen LogP contribution >= 0.6 is 24.8 Å². The van der Waals surface area contributed by atoms with Gasteiger partial charge in [-0.2, -0.15) is 0 Å². The van der Waals surface area contributed by atoms with Crippen LogP contribution in [0.25, 0.3) is 0 Å². The lowest BCUT2D eigenvalue weighted by Gasteiger charge is -2.30. The first-order chi connectivity index (χ1) is 4.22. The van der Waals surface area contributed by atoms with Gasteiger partial charge < -0.3 is 11.5 Å². The predicted molar refractivity (Wildman–Crippen MR) is 53.5 cm³/mol. The van der Waals surface area contributed by atoms with Crippen LogP contribution in [0.3, 0.4) is 0 Å². The monoisotopic (exact) mass is 200 g/mol. The highest BCUT2D eigenvalue weighted by atomic mass is 35.5. The van der Waals surface area contributed by atoms with Crippen LogP contribution in [0.4, 0.5) is 0 Å². The molecule has 0 aliphatic heterocycles. The van der Waals surface area contributed by atoms with E-state index in [0.717, 1.165) is 12.8 Å². The van der Waals surface area contributed by atoms with E-state index < -0.39 is 0 Å². The molecule has 3 atom stereocenters. The van der Waals surface area contributed by atoms with E-state index in [-0.39, 0.29) is 24.8 Å². The maximum atomic E-state index is 5.79. The molecule has 4 N–H and O–H groups in total. The summed E-state index contributed by atoms with van der Waals surface area (Å²) in [6, 6.07) is 0.711. The van der Waals surface area contributed by atoms with Crippen molar-refractivity contribution < 1.29 is 0 Å². The molecule has 1 saturated carbocycles. The molecular weight excluding hydrogens is 183 g/mol. The smallest absolute Gasteiger partial charge is 0.00792 e. The van der Waals surface area contributed by atoms with Gasteiger partial charge in [-0.25, -0.2) is 0 Å². The molecule has 0 aromatic rings. The lowest BCUT2D eigenvalue weighted by atomic mass is 9.83. The second kappa shape index (κ2) is 6.06. The van der Waals surface area contributed by atoms with Gasteiger partial charge in [-0.05, 0) is 18.8 Å². The van der Waals surface area contributed by atoms with Gasteiger partial charge in [-0.1, -0.05) is 13.3 Å². The first-order valence-corrected chi connectivity index (χ1v) is 3.73. The van der Waals surface area contributed by atoms with Crippen molar-refractivity contribution in [3.05, 3.63) is 0 Å². The maximum Gasteiger partial charge on any atom is 0.00792 e. The summed E-state index contributed by atoms with van der Waals surface area (Å²) >= 11 is 0. The molecule has 1 rings (SSSR count). The molecule has 1 aliphatic carbocycles. The van der Waals surface area contributed by atoms with Crippen LogP contribution < -0.4 is 11.5 Å². The second-order valence-corrected chi connectivity index (χ2v) is 3.12. The van der Waals surface area contributed by atoms with E-state index in [2.05, 4.69) is 6.92 Å². The molecule has 4 heteroatoms. The number of halogens is 2.